The number of hydrogen-bond acceptors (Lipinski definition) is 7. The van der Waals surface area contributed by atoms with Crippen molar-refractivity contribution in [3.8, 4) is 17.4 Å². The van der Waals surface area contributed by atoms with Gasteiger partial charge >= 0.3 is 0 Å². The molecule has 0 aliphatic rings. The standard InChI is InChI=1S/C20H16N6O5/c1-2-13-10-18(27)23-20(21-13)25-17(11-15(24-25)16-4-3-9-31-16)22-19(28)12-5-7-14(8-6-12)26(29)30/h3-11H,2H2,1H3,(H,22,28)(H,21,23,27). The van der Waals surface area contributed by atoms with Crippen LogP contribution >= 0.6 is 0 Å². The monoisotopic (exact) mass is 420 g/mol. The van der Waals surface area contributed by atoms with Crippen LogP contribution in [-0.2, 0) is 6.42 Å². The van der Waals surface area contributed by atoms with Crippen LogP contribution in [0.2, 0.25) is 0 Å². The van der Waals surface area contributed by atoms with Crippen molar-refractivity contribution in [3.63, 3.8) is 0 Å². The fourth-order valence-corrected chi connectivity index (χ4v) is 2.87. The van der Waals surface area contributed by atoms with E-state index in [1.807, 2.05) is 6.92 Å². The molecule has 0 saturated carbocycles. The predicted octanol–water partition coefficient (Wildman–Crippen LogP) is 2.94. The summed E-state index contributed by atoms with van der Waals surface area (Å²) in [5, 5.41) is 17.9. The number of nitro benzene ring substituents is 1. The number of aromatic nitrogens is 4. The quantitative estimate of drug-likeness (QED) is 0.360. The van der Waals surface area contributed by atoms with Crippen LogP contribution in [0.1, 0.15) is 23.0 Å². The smallest absolute Gasteiger partial charge is 0.269 e. The average Bonchev–Trinajstić information content (AvgIpc) is 3.43. The molecule has 1 amide bonds. The lowest BCUT2D eigenvalue weighted by atomic mass is 10.2. The number of nitro groups is 1. The van der Waals surface area contributed by atoms with Crippen LogP contribution in [0.3, 0.4) is 0 Å². The lowest BCUT2D eigenvalue weighted by Crippen LogP contribution is -2.19. The zero-order valence-electron chi connectivity index (χ0n) is 16.2. The first-order valence-corrected chi connectivity index (χ1v) is 9.25. The number of benzene rings is 1. The number of hydrogen-bond donors (Lipinski definition) is 2. The van der Waals surface area contributed by atoms with Gasteiger partial charge in [-0.1, -0.05) is 6.92 Å². The summed E-state index contributed by atoms with van der Waals surface area (Å²) in [6.07, 6.45) is 2.02. The Bertz CT molecular complexity index is 1300. The van der Waals surface area contributed by atoms with Gasteiger partial charge in [0.2, 0.25) is 5.95 Å². The van der Waals surface area contributed by atoms with E-state index >= 15 is 0 Å². The first kappa shape index (κ1) is 19.8. The molecule has 0 radical (unpaired) electrons. The molecule has 0 spiro atoms. The lowest BCUT2D eigenvalue weighted by Gasteiger charge is -2.08. The van der Waals surface area contributed by atoms with E-state index in [0.717, 1.165) is 0 Å². The van der Waals surface area contributed by atoms with E-state index in [-0.39, 0.29) is 28.6 Å². The summed E-state index contributed by atoms with van der Waals surface area (Å²) >= 11 is 0. The van der Waals surface area contributed by atoms with E-state index in [1.54, 1.807) is 18.2 Å². The van der Waals surface area contributed by atoms with Crippen LogP contribution in [0.25, 0.3) is 17.4 Å². The summed E-state index contributed by atoms with van der Waals surface area (Å²) in [6, 6.07) is 11.5. The molecular formula is C20H16N6O5. The van der Waals surface area contributed by atoms with Gasteiger partial charge in [0.05, 0.1) is 11.2 Å². The van der Waals surface area contributed by atoms with E-state index < -0.39 is 10.8 Å². The molecule has 11 nitrogen and oxygen atoms in total. The van der Waals surface area contributed by atoms with Gasteiger partial charge in [0, 0.05) is 35.5 Å². The molecule has 11 heteroatoms. The molecule has 31 heavy (non-hydrogen) atoms. The minimum Gasteiger partial charge on any atom is -0.463 e. The Labute approximate surface area is 174 Å². The second kappa shape index (κ2) is 8.06. The average molecular weight is 420 g/mol. The lowest BCUT2D eigenvalue weighted by molar-refractivity contribution is -0.384. The molecule has 0 fully saturated rings. The van der Waals surface area contributed by atoms with E-state index in [9.17, 15) is 19.7 Å². The molecular weight excluding hydrogens is 404 g/mol. The molecule has 0 aliphatic heterocycles. The SMILES string of the molecule is CCc1cc(=O)[nH]c(-n2nc(-c3ccco3)cc2NC(=O)c2ccc([N+](=O)[O-])cc2)n1. The normalized spacial score (nSPS) is 10.7. The first-order chi connectivity index (χ1) is 14.9. The van der Waals surface area contributed by atoms with Crippen molar-refractivity contribution in [3.05, 3.63) is 86.5 Å². The minimum atomic E-state index is -0.547. The number of aryl methyl sites for hydroxylation is 1. The zero-order chi connectivity index (χ0) is 22.0. The number of nitrogens with zero attached hydrogens (tertiary/aromatic N) is 4. The third-order valence-corrected chi connectivity index (χ3v) is 4.41. The van der Waals surface area contributed by atoms with Crippen LogP contribution in [0, 0.1) is 10.1 Å². The fraction of sp³-hybridized carbons (Fsp3) is 0.100. The number of nitrogens with one attached hydrogen (secondary N) is 2. The molecule has 0 bridgehead atoms. The summed E-state index contributed by atoms with van der Waals surface area (Å²) in [6.45, 7) is 1.86. The number of anilines is 1. The van der Waals surface area contributed by atoms with E-state index in [1.165, 1.54) is 41.3 Å². The Morgan fingerprint density at radius 3 is 2.68 bits per heavy atom. The molecule has 3 heterocycles. The Kier molecular flexibility index (Phi) is 5.14. The highest BCUT2D eigenvalue weighted by molar-refractivity contribution is 6.04. The minimum absolute atomic E-state index is 0.125. The molecule has 156 valence electrons. The molecule has 3 aromatic heterocycles. The van der Waals surface area contributed by atoms with E-state index in [2.05, 4.69) is 20.4 Å². The predicted molar refractivity (Wildman–Crippen MR) is 110 cm³/mol. The maximum atomic E-state index is 12.7. The number of furan rings is 1. The van der Waals surface area contributed by atoms with Crippen LogP contribution < -0.4 is 10.9 Å². The summed E-state index contributed by atoms with van der Waals surface area (Å²) in [5.41, 5.74) is 0.695. The Morgan fingerprint density at radius 1 is 1.26 bits per heavy atom. The summed E-state index contributed by atoms with van der Waals surface area (Å²) < 4.78 is 6.67. The van der Waals surface area contributed by atoms with Crippen molar-refractivity contribution in [2.24, 2.45) is 0 Å². The van der Waals surface area contributed by atoms with Gasteiger partial charge in [-0.3, -0.25) is 24.7 Å². The number of carbonyl (C=O) groups excluding carboxylic acids is 1. The van der Waals surface area contributed by atoms with E-state index in [0.29, 0.717) is 23.6 Å². The molecule has 0 saturated heterocycles. The van der Waals surface area contributed by atoms with Crippen molar-refractivity contribution in [1.29, 1.82) is 0 Å². The maximum absolute atomic E-state index is 12.7. The largest absolute Gasteiger partial charge is 0.463 e. The van der Waals surface area contributed by atoms with Crippen molar-refractivity contribution in [2.75, 3.05) is 5.32 Å². The molecule has 1 aromatic carbocycles. The number of rotatable bonds is 6. The van der Waals surface area contributed by atoms with Crippen LogP contribution in [0.4, 0.5) is 11.5 Å². The molecule has 2 N–H and O–H groups in total. The summed E-state index contributed by atoms with van der Waals surface area (Å²) in [4.78, 5) is 42.0. The van der Waals surface area contributed by atoms with Crippen molar-refractivity contribution in [1.82, 2.24) is 19.7 Å². The Balaban J connectivity index is 1.74. The number of amides is 1. The van der Waals surface area contributed by atoms with Crippen LogP contribution in [-0.4, -0.2) is 30.6 Å². The van der Waals surface area contributed by atoms with Gasteiger partial charge < -0.3 is 9.73 Å². The number of carbonyl (C=O) groups is 1. The Hall–Kier alpha value is -4.54. The van der Waals surface area contributed by atoms with Crippen molar-refractivity contribution in [2.45, 2.75) is 13.3 Å². The molecule has 4 aromatic rings. The highest BCUT2D eigenvalue weighted by atomic mass is 16.6. The van der Waals surface area contributed by atoms with Crippen LogP contribution in [0.5, 0.6) is 0 Å². The Morgan fingerprint density at radius 2 is 2.03 bits per heavy atom. The van der Waals surface area contributed by atoms with Gasteiger partial charge in [0.15, 0.2) is 5.76 Å². The van der Waals surface area contributed by atoms with Gasteiger partial charge in [0.1, 0.15) is 11.5 Å². The molecule has 0 atom stereocenters. The number of non-ortho nitro benzene ring substituents is 1. The summed E-state index contributed by atoms with van der Waals surface area (Å²) in [7, 11) is 0. The van der Waals surface area contributed by atoms with Gasteiger partial charge in [-0.25, -0.2) is 4.98 Å². The third-order valence-electron chi connectivity index (χ3n) is 4.41. The fourth-order valence-electron chi connectivity index (χ4n) is 2.87. The van der Waals surface area contributed by atoms with Gasteiger partial charge in [-0.15, -0.1) is 0 Å². The van der Waals surface area contributed by atoms with Crippen molar-refractivity contribution < 1.29 is 14.1 Å². The molecule has 0 unspecified atom stereocenters. The number of H-pyrrole nitrogens is 1. The van der Waals surface area contributed by atoms with E-state index in [4.69, 9.17) is 4.42 Å². The molecule has 4 rings (SSSR count). The second-order valence-electron chi connectivity index (χ2n) is 6.48. The highest BCUT2D eigenvalue weighted by Crippen LogP contribution is 2.24. The highest BCUT2D eigenvalue weighted by Gasteiger charge is 2.18. The first-order valence-electron chi connectivity index (χ1n) is 9.25. The molecule has 0 aliphatic carbocycles. The zero-order valence-corrected chi connectivity index (χ0v) is 16.2. The second-order valence-corrected chi connectivity index (χ2v) is 6.48. The topological polar surface area (TPSA) is 149 Å². The van der Waals surface area contributed by atoms with Gasteiger partial charge in [-0.05, 0) is 30.7 Å². The summed E-state index contributed by atoms with van der Waals surface area (Å²) in [5.74, 6) is 0.293. The van der Waals surface area contributed by atoms with Crippen molar-refractivity contribution >= 4 is 17.4 Å². The van der Waals surface area contributed by atoms with Gasteiger partial charge in [-0.2, -0.15) is 9.78 Å². The third kappa shape index (κ3) is 4.10. The maximum Gasteiger partial charge on any atom is 0.269 e. The number of aromatic amines is 1. The van der Waals surface area contributed by atoms with Crippen LogP contribution in [0.15, 0.2) is 64.0 Å². The van der Waals surface area contributed by atoms with Gasteiger partial charge in [0.25, 0.3) is 17.2 Å².